The van der Waals surface area contributed by atoms with Crippen molar-refractivity contribution in [3.05, 3.63) is 95.6 Å². The minimum atomic E-state index is -0.601. The fourth-order valence-corrected chi connectivity index (χ4v) is 4.58. The second-order valence-electron chi connectivity index (χ2n) is 9.49. The van der Waals surface area contributed by atoms with Crippen LogP contribution in [0.5, 0.6) is 11.5 Å². The standard InChI is InChI=1S/C30H37N3O4/c1-23-8-10-25(11-9-23)29(30(35)31-20-24-6-4-3-5-7-24)33-18-16-32(17-19-33)21-26(34)22-37-28-14-12-27(36-2)13-15-28/h3-15,26,29,34H,16-22H2,1-2H3,(H,31,35). The van der Waals surface area contributed by atoms with E-state index < -0.39 is 6.10 Å². The number of nitrogens with zero attached hydrogens (tertiary/aromatic N) is 2. The molecule has 2 atom stereocenters. The van der Waals surface area contributed by atoms with Crippen molar-refractivity contribution in [3.63, 3.8) is 0 Å². The van der Waals surface area contributed by atoms with Crippen molar-refractivity contribution in [3.8, 4) is 11.5 Å². The summed E-state index contributed by atoms with van der Waals surface area (Å²) in [6.07, 6.45) is -0.601. The molecule has 1 fully saturated rings. The zero-order chi connectivity index (χ0) is 26.0. The minimum absolute atomic E-state index is 0.00841. The van der Waals surface area contributed by atoms with E-state index in [1.54, 1.807) is 7.11 Å². The molecule has 0 spiro atoms. The first-order valence-electron chi connectivity index (χ1n) is 12.8. The molecule has 196 valence electrons. The van der Waals surface area contributed by atoms with Gasteiger partial charge in [0.15, 0.2) is 0 Å². The van der Waals surface area contributed by atoms with Crippen LogP contribution >= 0.6 is 0 Å². The number of hydrogen-bond acceptors (Lipinski definition) is 6. The molecule has 0 radical (unpaired) electrons. The maximum atomic E-state index is 13.4. The van der Waals surface area contributed by atoms with Crippen molar-refractivity contribution >= 4 is 5.91 Å². The van der Waals surface area contributed by atoms with E-state index in [1.165, 1.54) is 5.56 Å². The summed E-state index contributed by atoms with van der Waals surface area (Å²) in [5, 5.41) is 13.7. The van der Waals surface area contributed by atoms with Crippen LogP contribution in [-0.2, 0) is 11.3 Å². The molecule has 0 bridgehead atoms. The van der Waals surface area contributed by atoms with Crippen LogP contribution in [0.15, 0.2) is 78.9 Å². The molecule has 0 aliphatic carbocycles. The van der Waals surface area contributed by atoms with E-state index >= 15 is 0 Å². The van der Waals surface area contributed by atoms with Crippen molar-refractivity contribution in [2.24, 2.45) is 0 Å². The summed E-state index contributed by atoms with van der Waals surface area (Å²) in [6.45, 7) is 6.33. The summed E-state index contributed by atoms with van der Waals surface area (Å²) in [7, 11) is 1.62. The van der Waals surface area contributed by atoms with Crippen molar-refractivity contribution in [1.82, 2.24) is 15.1 Å². The molecule has 1 amide bonds. The summed E-state index contributed by atoms with van der Waals surface area (Å²) in [5.74, 6) is 1.48. The van der Waals surface area contributed by atoms with Gasteiger partial charge < -0.3 is 19.9 Å². The molecule has 1 heterocycles. The third kappa shape index (κ3) is 7.79. The van der Waals surface area contributed by atoms with Gasteiger partial charge in [-0.3, -0.25) is 14.6 Å². The van der Waals surface area contributed by atoms with E-state index in [1.807, 2.05) is 54.6 Å². The Morgan fingerprint density at radius 3 is 2.22 bits per heavy atom. The van der Waals surface area contributed by atoms with Gasteiger partial charge in [-0.25, -0.2) is 0 Å². The van der Waals surface area contributed by atoms with E-state index in [9.17, 15) is 9.90 Å². The molecular weight excluding hydrogens is 466 g/mol. The first-order valence-corrected chi connectivity index (χ1v) is 12.8. The van der Waals surface area contributed by atoms with Crippen molar-refractivity contribution in [2.75, 3.05) is 46.4 Å². The number of carbonyl (C=O) groups is 1. The highest BCUT2D eigenvalue weighted by atomic mass is 16.5. The van der Waals surface area contributed by atoms with Gasteiger partial charge in [0.05, 0.1) is 7.11 Å². The number of amides is 1. The Labute approximate surface area is 219 Å². The summed E-state index contributed by atoms with van der Waals surface area (Å²) >= 11 is 0. The molecule has 3 aromatic carbocycles. The molecular formula is C30H37N3O4. The predicted octanol–water partition coefficient (Wildman–Crippen LogP) is 3.42. The van der Waals surface area contributed by atoms with Gasteiger partial charge in [0.1, 0.15) is 30.3 Å². The molecule has 1 aliphatic rings. The molecule has 0 aromatic heterocycles. The number of carbonyl (C=O) groups excluding carboxylic acids is 1. The smallest absolute Gasteiger partial charge is 0.242 e. The number of ether oxygens (including phenoxy) is 2. The van der Waals surface area contributed by atoms with Crippen LogP contribution in [0.3, 0.4) is 0 Å². The molecule has 1 saturated heterocycles. The van der Waals surface area contributed by atoms with E-state index in [0.29, 0.717) is 18.8 Å². The summed E-state index contributed by atoms with van der Waals surface area (Å²) in [4.78, 5) is 17.9. The highest BCUT2D eigenvalue weighted by Crippen LogP contribution is 2.24. The number of rotatable bonds is 11. The number of benzene rings is 3. The number of nitrogens with one attached hydrogen (secondary N) is 1. The largest absolute Gasteiger partial charge is 0.497 e. The number of piperazine rings is 1. The monoisotopic (exact) mass is 503 g/mol. The Hall–Kier alpha value is -3.39. The Morgan fingerprint density at radius 2 is 1.57 bits per heavy atom. The van der Waals surface area contributed by atoms with Gasteiger partial charge in [0, 0.05) is 39.3 Å². The van der Waals surface area contributed by atoms with E-state index in [-0.39, 0.29) is 18.6 Å². The molecule has 7 nitrogen and oxygen atoms in total. The summed E-state index contributed by atoms with van der Waals surface area (Å²) in [6, 6.07) is 25.2. The van der Waals surface area contributed by atoms with Gasteiger partial charge in [0.25, 0.3) is 0 Å². The highest BCUT2D eigenvalue weighted by molar-refractivity contribution is 5.83. The average molecular weight is 504 g/mol. The van der Waals surface area contributed by atoms with Gasteiger partial charge in [-0.1, -0.05) is 60.2 Å². The quantitative estimate of drug-likeness (QED) is 0.418. The second-order valence-corrected chi connectivity index (χ2v) is 9.49. The van der Waals surface area contributed by atoms with Gasteiger partial charge in [-0.2, -0.15) is 0 Å². The highest BCUT2D eigenvalue weighted by Gasteiger charge is 2.31. The van der Waals surface area contributed by atoms with Gasteiger partial charge >= 0.3 is 0 Å². The maximum Gasteiger partial charge on any atom is 0.242 e. The lowest BCUT2D eigenvalue weighted by Gasteiger charge is -2.39. The number of aryl methyl sites for hydroxylation is 1. The zero-order valence-corrected chi connectivity index (χ0v) is 21.7. The Bertz CT molecular complexity index is 1100. The number of β-amino-alcohol motifs (C(OH)–C–C–N with tert-alkyl or cyclic N) is 1. The lowest BCUT2D eigenvalue weighted by Crippen LogP contribution is -2.52. The zero-order valence-electron chi connectivity index (χ0n) is 21.7. The Balaban J connectivity index is 1.31. The number of aliphatic hydroxyl groups is 1. The number of methoxy groups -OCH3 is 1. The van der Waals surface area contributed by atoms with Gasteiger partial charge in [-0.05, 0) is 42.3 Å². The number of hydrogen-bond donors (Lipinski definition) is 2. The topological polar surface area (TPSA) is 74.3 Å². The fraction of sp³-hybridized carbons (Fsp3) is 0.367. The average Bonchev–Trinajstić information content (AvgIpc) is 2.94. The van der Waals surface area contributed by atoms with Crippen LogP contribution in [0.4, 0.5) is 0 Å². The Morgan fingerprint density at radius 1 is 0.919 bits per heavy atom. The fourth-order valence-electron chi connectivity index (χ4n) is 4.58. The third-order valence-electron chi connectivity index (χ3n) is 6.69. The second kappa shape index (κ2) is 13.2. The molecule has 2 N–H and O–H groups in total. The lowest BCUT2D eigenvalue weighted by molar-refractivity contribution is -0.127. The SMILES string of the molecule is COc1ccc(OCC(O)CN2CCN(C(C(=O)NCc3ccccc3)c3ccc(C)cc3)CC2)cc1. The van der Waals surface area contributed by atoms with Gasteiger partial charge in [-0.15, -0.1) is 0 Å². The van der Waals surface area contributed by atoms with Crippen molar-refractivity contribution < 1.29 is 19.4 Å². The molecule has 4 rings (SSSR count). The van der Waals surface area contributed by atoms with Crippen LogP contribution in [0.2, 0.25) is 0 Å². The van der Waals surface area contributed by atoms with Crippen LogP contribution in [-0.4, -0.2) is 73.4 Å². The number of aliphatic hydroxyl groups excluding tert-OH is 1. The molecule has 37 heavy (non-hydrogen) atoms. The molecule has 1 aliphatic heterocycles. The van der Waals surface area contributed by atoms with Crippen LogP contribution in [0.1, 0.15) is 22.7 Å². The molecule has 2 unspecified atom stereocenters. The first kappa shape index (κ1) is 26.7. The van der Waals surface area contributed by atoms with E-state index in [4.69, 9.17) is 9.47 Å². The minimum Gasteiger partial charge on any atom is -0.497 e. The maximum absolute atomic E-state index is 13.4. The van der Waals surface area contributed by atoms with Crippen LogP contribution in [0, 0.1) is 6.92 Å². The van der Waals surface area contributed by atoms with Crippen LogP contribution in [0.25, 0.3) is 0 Å². The normalized spacial score (nSPS) is 16.1. The summed E-state index contributed by atoms with van der Waals surface area (Å²) < 4.78 is 10.9. The van der Waals surface area contributed by atoms with E-state index in [0.717, 1.165) is 43.1 Å². The molecule has 0 saturated carbocycles. The first-order chi connectivity index (χ1) is 18.0. The third-order valence-corrected chi connectivity index (χ3v) is 6.69. The van der Waals surface area contributed by atoms with Gasteiger partial charge in [0.2, 0.25) is 5.91 Å². The summed E-state index contributed by atoms with van der Waals surface area (Å²) in [5.41, 5.74) is 3.24. The van der Waals surface area contributed by atoms with Crippen LogP contribution < -0.4 is 14.8 Å². The lowest BCUT2D eigenvalue weighted by atomic mass is 10.0. The van der Waals surface area contributed by atoms with Crippen molar-refractivity contribution in [1.29, 1.82) is 0 Å². The predicted molar refractivity (Wildman–Crippen MR) is 145 cm³/mol. The van der Waals surface area contributed by atoms with E-state index in [2.05, 4.69) is 46.3 Å². The Kier molecular flexibility index (Phi) is 9.54. The molecule has 3 aromatic rings. The molecule has 7 heteroatoms. The van der Waals surface area contributed by atoms with Crippen molar-refractivity contribution in [2.45, 2.75) is 25.6 Å².